The normalized spacial score (nSPS) is 22.7. The van der Waals surface area contributed by atoms with Crippen molar-refractivity contribution in [2.24, 2.45) is 18.7 Å². The number of hydrogen-bond acceptors (Lipinski definition) is 3. The van der Waals surface area contributed by atoms with Gasteiger partial charge >= 0.3 is 0 Å². The van der Waals surface area contributed by atoms with Crippen molar-refractivity contribution in [1.82, 2.24) is 15.1 Å². The van der Waals surface area contributed by atoms with Gasteiger partial charge < -0.3 is 11.1 Å². The van der Waals surface area contributed by atoms with Crippen LogP contribution in [0.5, 0.6) is 0 Å². The summed E-state index contributed by atoms with van der Waals surface area (Å²) in [4.78, 5) is 12.2. The predicted octanol–water partition coefficient (Wildman–Crippen LogP) is 1.40. The first kappa shape index (κ1) is 16.0. The van der Waals surface area contributed by atoms with Crippen LogP contribution >= 0.6 is 12.4 Å². The Hall–Kier alpha value is -1.07. The molecule has 5 nitrogen and oxygen atoms in total. The third-order valence-electron chi connectivity index (χ3n) is 3.76. The Bertz CT molecular complexity index is 432. The average Bonchev–Trinajstić information content (AvgIpc) is 2.69. The Morgan fingerprint density at radius 2 is 2.21 bits per heavy atom. The molecule has 2 atom stereocenters. The molecule has 6 heteroatoms. The highest BCUT2D eigenvalue weighted by atomic mass is 35.5. The van der Waals surface area contributed by atoms with Crippen molar-refractivity contribution in [2.45, 2.75) is 38.6 Å². The van der Waals surface area contributed by atoms with E-state index in [9.17, 15) is 4.79 Å². The lowest BCUT2D eigenvalue weighted by atomic mass is 9.84. The first-order chi connectivity index (χ1) is 8.61. The first-order valence-electron chi connectivity index (χ1n) is 6.63. The highest BCUT2D eigenvalue weighted by Crippen LogP contribution is 2.23. The van der Waals surface area contributed by atoms with E-state index in [0.717, 1.165) is 18.5 Å². The zero-order valence-electron chi connectivity index (χ0n) is 11.6. The van der Waals surface area contributed by atoms with E-state index in [-0.39, 0.29) is 24.4 Å². The number of aromatic nitrogens is 2. The van der Waals surface area contributed by atoms with E-state index in [1.807, 2.05) is 13.0 Å². The Labute approximate surface area is 120 Å². The summed E-state index contributed by atoms with van der Waals surface area (Å²) in [6.07, 6.45) is 4.54. The second kappa shape index (κ2) is 6.91. The van der Waals surface area contributed by atoms with E-state index in [4.69, 9.17) is 5.73 Å². The molecule has 1 fully saturated rings. The quantitative estimate of drug-likeness (QED) is 0.882. The molecule has 1 amide bonds. The molecular formula is C13H23ClN4O. The van der Waals surface area contributed by atoms with Crippen molar-refractivity contribution >= 4 is 18.3 Å². The van der Waals surface area contributed by atoms with Crippen molar-refractivity contribution in [2.75, 3.05) is 6.54 Å². The number of halogens is 1. The molecule has 0 aromatic carbocycles. The summed E-state index contributed by atoms with van der Waals surface area (Å²) in [5, 5.41) is 7.31. The fourth-order valence-electron chi connectivity index (χ4n) is 2.75. The fourth-order valence-corrected chi connectivity index (χ4v) is 2.75. The predicted molar refractivity (Wildman–Crippen MR) is 77.5 cm³/mol. The second-order valence-electron chi connectivity index (χ2n) is 5.15. The lowest BCUT2D eigenvalue weighted by Crippen LogP contribution is -2.45. The number of nitrogens with two attached hydrogens (primary N) is 1. The number of amides is 1. The summed E-state index contributed by atoms with van der Waals surface area (Å²) < 4.78 is 1.63. The van der Waals surface area contributed by atoms with Crippen LogP contribution in [0.25, 0.3) is 0 Å². The third kappa shape index (κ3) is 3.70. The number of carbonyl (C=O) groups excluding carboxylic acids is 1. The van der Waals surface area contributed by atoms with Gasteiger partial charge in [0.15, 0.2) is 0 Å². The molecular weight excluding hydrogens is 264 g/mol. The van der Waals surface area contributed by atoms with Gasteiger partial charge in [-0.2, -0.15) is 5.10 Å². The van der Waals surface area contributed by atoms with E-state index in [1.54, 1.807) is 11.7 Å². The molecule has 1 aliphatic rings. The monoisotopic (exact) mass is 286 g/mol. The minimum atomic E-state index is -0.0385. The van der Waals surface area contributed by atoms with Gasteiger partial charge in [0, 0.05) is 13.1 Å². The van der Waals surface area contributed by atoms with Gasteiger partial charge in [0.25, 0.3) is 5.91 Å². The topological polar surface area (TPSA) is 72.9 Å². The van der Waals surface area contributed by atoms with E-state index < -0.39 is 0 Å². The van der Waals surface area contributed by atoms with E-state index >= 15 is 0 Å². The number of rotatable bonds is 3. The molecule has 3 N–H and O–H groups in total. The first-order valence-corrected chi connectivity index (χ1v) is 6.63. The van der Waals surface area contributed by atoms with Crippen molar-refractivity contribution in [3.8, 4) is 0 Å². The van der Waals surface area contributed by atoms with Gasteiger partial charge in [0.05, 0.1) is 5.69 Å². The largest absolute Gasteiger partial charge is 0.348 e. The Kier molecular flexibility index (Phi) is 5.82. The lowest BCUT2D eigenvalue weighted by Gasteiger charge is -2.31. The van der Waals surface area contributed by atoms with Crippen LogP contribution in [0.1, 0.15) is 41.9 Å². The summed E-state index contributed by atoms with van der Waals surface area (Å²) in [7, 11) is 1.79. The molecule has 1 saturated carbocycles. The molecule has 1 aliphatic carbocycles. The molecule has 0 radical (unpaired) electrons. The van der Waals surface area contributed by atoms with Crippen LogP contribution in [-0.4, -0.2) is 28.3 Å². The summed E-state index contributed by atoms with van der Waals surface area (Å²) in [6.45, 7) is 2.54. The molecule has 0 bridgehead atoms. The highest BCUT2D eigenvalue weighted by Gasteiger charge is 2.26. The third-order valence-corrected chi connectivity index (χ3v) is 3.76. The van der Waals surface area contributed by atoms with Crippen molar-refractivity contribution < 1.29 is 4.79 Å². The van der Waals surface area contributed by atoms with Crippen molar-refractivity contribution in [3.63, 3.8) is 0 Å². The minimum absolute atomic E-state index is 0. The molecule has 0 aliphatic heterocycles. The van der Waals surface area contributed by atoms with Gasteiger partial charge in [0.1, 0.15) is 5.69 Å². The van der Waals surface area contributed by atoms with Crippen LogP contribution in [0.4, 0.5) is 0 Å². The van der Waals surface area contributed by atoms with Crippen LogP contribution in [0.2, 0.25) is 0 Å². The molecule has 108 valence electrons. The summed E-state index contributed by atoms with van der Waals surface area (Å²) in [6, 6.07) is 2.03. The summed E-state index contributed by atoms with van der Waals surface area (Å²) in [5.41, 5.74) is 7.26. The maximum atomic E-state index is 12.2. The number of carbonyl (C=O) groups is 1. The molecule has 1 aromatic heterocycles. The molecule has 0 spiro atoms. The maximum absolute atomic E-state index is 12.2. The molecule has 1 aromatic rings. The zero-order chi connectivity index (χ0) is 13.1. The smallest absolute Gasteiger partial charge is 0.269 e. The van der Waals surface area contributed by atoms with Gasteiger partial charge in [-0.1, -0.05) is 12.8 Å². The van der Waals surface area contributed by atoms with E-state index in [1.165, 1.54) is 12.8 Å². The summed E-state index contributed by atoms with van der Waals surface area (Å²) in [5.74, 6) is 0.375. The van der Waals surface area contributed by atoms with Crippen LogP contribution in [0, 0.1) is 12.8 Å². The van der Waals surface area contributed by atoms with Crippen LogP contribution in [0.3, 0.4) is 0 Å². The Morgan fingerprint density at radius 1 is 1.53 bits per heavy atom. The standard InChI is InChI=1S/C13H22N4O.ClH/c1-9-7-12(17(2)16-9)13(18)15-11-6-4-3-5-10(11)8-14;/h7,10-11H,3-6,8,14H2,1-2H3,(H,15,18);1H. The van der Waals surface area contributed by atoms with Gasteiger partial charge in [-0.25, -0.2) is 0 Å². The fraction of sp³-hybridized carbons (Fsp3) is 0.692. The molecule has 1 heterocycles. The average molecular weight is 287 g/mol. The highest BCUT2D eigenvalue weighted by molar-refractivity contribution is 5.92. The molecule has 19 heavy (non-hydrogen) atoms. The Balaban J connectivity index is 0.00000180. The Morgan fingerprint density at radius 3 is 2.79 bits per heavy atom. The second-order valence-corrected chi connectivity index (χ2v) is 5.15. The summed E-state index contributed by atoms with van der Waals surface area (Å²) >= 11 is 0. The van der Waals surface area contributed by atoms with Crippen LogP contribution in [0.15, 0.2) is 6.07 Å². The SMILES string of the molecule is Cc1cc(C(=O)NC2CCCCC2CN)n(C)n1.Cl. The lowest BCUT2D eigenvalue weighted by molar-refractivity contribution is 0.0898. The number of aryl methyl sites for hydroxylation is 2. The molecule has 2 unspecified atom stereocenters. The maximum Gasteiger partial charge on any atom is 0.269 e. The number of nitrogens with one attached hydrogen (secondary N) is 1. The van der Waals surface area contributed by atoms with Crippen LogP contribution in [-0.2, 0) is 7.05 Å². The number of hydrogen-bond donors (Lipinski definition) is 2. The van der Waals surface area contributed by atoms with Crippen molar-refractivity contribution in [1.29, 1.82) is 0 Å². The van der Waals surface area contributed by atoms with Crippen molar-refractivity contribution in [3.05, 3.63) is 17.5 Å². The minimum Gasteiger partial charge on any atom is -0.348 e. The van der Waals surface area contributed by atoms with E-state index in [2.05, 4.69) is 10.4 Å². The van der Waals surface area contributed by atoms with Gasteiger partial charge in [-0.15, -0.1) is 12.4 Å². The molecule has 0 saturated heterocycles. The van der Waals surface area contributed by atoms with Gasteiger partial charge in [0.2, 0.25) is 0 Å². The van der Waals surface area contributed by atoms with Gasteiger partial charge in [-0.05, 0) is 38.3 Å². The molecule has 2 rings (SSSR count). The number of nitrogens with zero attached hydrogens (tertiary/aromatic N) is 2. The zero-order valence-corrected chi connectivity index (χ0v) is 12.4. The van der Waals surface area contributed by atoms with Crippen LogP contribution < -0.4 is 11.1 Å². The van der Waals surface area contributed by atoms with Gasteiger partial charge in [-0.3, -0.25) is 9.48 Å². The van der Waals surface area contributed by atoms with E-state index in [0.29, 0.717) is 18.2 Å².